The molecule has 4 rings (SSSR count). The molecule has 0 saturated heterocycles. The first-order valence-corrected chi connectivity index (χ1v) is 8.39. The average Bonchev–Trinajstić information content (AvgIpc) is 2.84. The SMILES string of the molecule is COc1ccc2c3c1OC1C[C@@H](C)C=CC31CCN(C)CC2. The molecule has 118 valence electrons. The Bertz CT molecular complexity index is 624. The largest absolute Gasteiger partial charge is 0.493 e. The standard InChI is InChI=1S/C19H25NO2/c1-13-6-8-19-9-11-20(2)10-7-14-4-5-15(21-3)18(17(14)19)22-16(19)12-13/h4-6,8,13,16H,7,9-12H2,1-3H3/t13-,16?,19?/m0/s1. The zero-order chi connectivity index (χ0) is 15.3. The molecule has 1 aliphatic carbocycles. The highest BCUT2D eigenvalue weighted by molar-refractivity contribution is 5.60. The van der Waals surface area contributed by atoms with E-state index in [-0.39, 0.29) is 11.5 Å². The second kappa shape index (κ2) is 5.02. The zero-order valence-corrected chi connectivity index (χ0v) is 13.8. The van der Waals surface area contributed by atoms with Crippen molar-refractivity contribution in [2.24, 2.45) is 5.92 Å². The Hall–Kier alpha value is -1.48. The molecule has 0 radical (unpaired) electrons. The third-order valence-corrected chi connectivity index (χ3v) is 5.71. The van der Waals surface area contributed by atoms with Crippen molar-refractivity contribution in [1.82, 2.24) is 4.90 Å². The number of allylic oxidation sites excluding steroid dienone is 1. The maximum Gasteiger partial charge on any atom is 0.166 e. The highest BCUT2D eigenvalue weighted by Gasteiger charge is 2.51. The van der Waals surface area contributed by atoms with Crippen molar-refractivity contribution in [1.29, 1.82) is 0 Å². The number of likely N-dealkylation sites (N-methyl/N-ethyl adjacent to an activating group) is 1. The molecule has 22 heavy (non-hydrogen) atoms. The highest BCUT2D eigenvalue weighted by atomic mass is 16.5. The first-order chi connectivity index (χ1) is 10.6. The van der Waals surface area contributed by atoms with Gasteiger partial charge >= 0.3 is 0 Å². The van der Waals surface area contributed by atoms with Gasteiger partial charge in [-0.2, -0.15) is 0 Å². The Kier molecular flexibility index (Phi) is 3.23. The molecule has 2 heterocycles. The van der Waals surface area contributed by atoms with E-state index >= 15 is 0 Å². The molecule has 0 aromatic heterocycles. The van der Waals surface area contributed by atoms with Crippen molar-refractivity contribution in [3.8, 4) is 11.5 Å². The van der Waals surface area contributed by atoms with E-state index in [1.165, 1.54) is 11.1 Å². The number of hydrogen-bond acceptors (Lipinski definition) is 3. The number of ether oxygens (including phenoxy) is 2. The van der Waals surface area contributed by atoms with Crippen LogP contribution in [0.1, 0.15) is 30.9 Å². The molecule has 3 aliphatic rings. The van der Waals surface area contributed by atoms with Gasteiger partial charge in [0.15, 0.2) is 11.5 Å². The van der Waals surface area contributed by atoms with Crippen LogP contribution in [-0.2, 0) is 11.8 Å². The van der Waals surface area contributed by atoms with Crippen LogP contribution in [0.2, 0.25) is 0 Å². The normalized spacial score (nSPS) is 33.4. The summed E-state index contributed by atoms with van der Waals surface area (Å²) in [6, 6.07) is 4.32. The predicted molar refractivity (Wildman–Crippen MR) is 87.8 cm³/mol. The van der Waals surface area contributed by atoms with Gasteiger partial charge in [-0.1, -0.05) is 25.1 Å². The molecule has 3 atom stereocenters. The van der Waals surface area contributed by atoms with Crippen molar-refractivity contribution in [2.75, 3.05) is 27.2 Å². The lowest BCUT2D eigenvalue weighted by Gasteiger charge is -2.39. The second-order valence-electron chi connectivity index (χ2n) is 7.15. The lowest BCUT2D eigenvalue weighted by molar-refractivity contribution is 0.123. The van der Waals surface area contributed by atoms with Crippen LogP contribution in [0.15, 0.2) is 24.3 Å². The summed E-state index contributed by atoms with van der Waals surface area (Å²) >= 11 is 0. The Balaban J connectivity index is 1.93. The van der Waals surface area contributed by atoms with Gasteiger partial charge in [0, 0.05) is 12.1 Å². The van der Waals surface area contributed by atoms with Gasteiger partial charge in [-0.05, 0) is 50.4 Å². The molecule has 0 fully saturated rings. The van der Waals surface area contributed by atoms with E-state index in [2.05, 4.69) is 43.2 Å². The fraction of sp³-hybridized carbons (Fsp3) is 0.579. The highest BCUT2D eigenvalue weighted by Crippen LogP contribution is 2.55. The summed E-state index contributed by atoms with van der Waals surface area (Å²) in [6.07, 6.45) is 8.40. The number of hydrogen-bond donors (Lipinski definition) is 0. The maximum atomic E-state index is 6.47. The summed E-state index contributed by atoms with van der Waals surface area (Å²) in [7, 11) is 3.97. The Morgan fingerprint density at radius 1 is 1.32 bits per heavy atom. The van der Waals surface area contributed by atoms with E-state index < -0.39 is 0 Å². The van der Waals surface area contributed by atoms with Crippen LogP contribution in [0.3, 0.4) is 0 Å². The second-order valence-corrected chi connectivity index (χ2v) is 7.15. The molecule has 1 spiro atoms. The fourth-order valence-electron chi connectivity index (χ4n) is 4.38. The Morgan fingerprint density at radius 3 is 3.00 bits per heavy atom. The van der Waals surface area contributed by atoms with Crippen LogP contribution in [0.5, 0.6) is 11.5 Å². The van der Waals surface area contributed by atoms with E-state index in [0.29, 0.717) is 5.92 Å². The monoisotopic (exact) mass is 299 g/mol. The molecule has 0 saturated carbocycles. The van der Waals surface area contributed by atoms with Gasteiger partial charge in [0.05, 0.1) is 12.5 Å². The number of benzene rings is 1. The lowest BCUT2D eigenvalue weighted by atomic mass is 9.66. The summed E-state index contributed by atoms with van der Waals surface area (Å²) in [5.74, 6) is 2.48. The van der Waals surface area contributed by atoms with Gasteiger partial charge in [-0.15, -0.1) is 0 Å². The molecular weight excluding hydrogens is 274 g/mol. The first-order valence-electron chi connectivity index (χ1n) is 8.39. The summed E-state index contributed by atoms with van der Waals surface area (Å²) in [5, 5.41) is 0. The van der Waals surface area contributed by atoms with Gasteiger partial charge in [-0.3, -0.25) is 0 Å². The van der Waals surface area contributed by atoms with Crippen molar-refractivity contribution in [3.05, 3.63) is 35.4 Å². The quantitative estimate of drug-likeness (QED) is 0.744. The third kappa shape index (κ3) is 1.91. The van der Waals surface area contributed by atoms with Gasteiger partial charge in [0.1, 0.15) is 6.10 Å². The first kappa shape index (κ1) is 14.1. The molecule has 2 unspecified atom stereocenters. The van der Waals surface area contributed by atoms with Crippen molar-refractivity contribution in [3.63, 3.8) is 0 Å². The molecular formula is C19H25NO2. The lowest BCUT2D eigenvalue weighted by Crippen LogP contribution is -2.44. The number of rotatable bonds is 1. The Labute approximate surface area is 132 Å². The summed E-state index contributed by atoms with van der Waals surface area (Å²) in [6.45, 7) is 4.51. The Morgan fingerprint density at radius 2 is 2.18 bits per heavy atom. The molecule has 0 bridgehead atoms. The predicted octanol–water partition coefficient (Wildman–Crippen LogP) is 3.17. The summed E-state index contributed by atoms with van der Waals surface area (Å²) < 4.78 is 12.1. The minimum Gasteiger partial charge on any atom is -0.493 e. The van der Waals surface area contributed by atoms with E-state index in [1.54, 1.807) is 7.11 Å². The molecule has 1 aromatic rings. The fourth-order valence-corrected chi connectivity index (χ4v) is 4.38. The smallest absolute Gasteiger partial charge is 0.166 e. The van der Waals surface area contributed by atoms with Gasteiger partial charge in [0.2, 0.25) is 0 Å². The number of methoxy groups -OCH3 is 1. The van der Waals surface area contributed by atoms with Crippen molar-refractivity contribution in [2.45, 2.75) is 37.7 Å². The van der Waals surface area contributed by atoms with Crippen LogP contribution >= 0.6 is 0 Å². The van der Waals surface area contributed by atoms with E-state index in [9.17, 15) is 0 Å². The zero-order valence-electron chi connectivity index (χ0n) is 13.8. The van der Waals surface area contributed by atoms with Gasteiger partial charge < -0.3 is 14.4 Å². The van der Waals surface area contributed by atoms with Crippen LogP contribution in [-0.4, -0.2) is 38.3 Å². The van der Waals surface area contributed by atoms with E-state index in [4.69, 9.17) is 9.47 Å². The summed E-state index contributed by atoms with van der Waals surface area (Å²) in [4.78, 5) is 2.45. The molecule has 3 nitrogen and oxygen atoms in total. The van der Waals surface area contributed by atoms with Crippen LogP contribution in [0, 0.1) is 5.92 Å². The molecule has 1 aromatic carbocycles. The van der Waals surface area contributed by atoms with Crippen molar-refractivity contribution < 1.29 is 9.47 Å². The molecule has 3 heteroatoms. The molecule has 0 amide bonds. The maximum absolute atomic E-state index is 6.47. The minimum absolute atomic E-state index is 0.0421. The average molecular weight is 299 g/mol. The van der Waals surface area contributed by atoms with Gasteiger partial charge in [0.25, 0.3) is 0 Å². The summed E-state index contributed by atoms with van der Waals surface area (Å²) in [5.41, 5.74) is 2.89. The number of nitrogens with zero attached hydrogens (tertiary/aromatic N) is 1. The van der Waals surface area contributed by atoms with E-state index in [0.717, 1.165) is 43.9 Å². The topological polar surface area (TPSA) is 21.7 Å². The van der Waals surface area contributed by atoms with E-state index in [1.807, 2.05) is 0 Å². The van der Waals surface area contributed by atoms with Crippen LogP contribution in [0.4, 0.5) is 0 Å². The molecule has 2 aliphatic heterocycles. The van der Waals surface area contributed by atoms with Crippen LogP contribution < -0.4 is 9.47 Å². The third-order valence-electron chi connectivity index (χ3n) is 5.71. The van der Waals surface area contributed by atoms with Gasteiger partial charge in [-0.25, -0.2) is 0 Å². The minimum atomic E-state index is 0.0421. The van der Waals surface area contributed by atoms with Crippen LogP contribution in [0.25, 0.3) is 0 Å². The molecule has 0 N–H and O–H groups in total. The van der Waals surface area contributed by atoms with Crippen molar-refractivity contribution >= 4 is 0 Å².